The van der Waals surface area contributed by atoms with Gasteiger partial charge in [0.25, 0.3) is 5.91 Å². The van der Waals surface area contributed by atoms with Crippen LogP contribution in [0.25, 0.3) is 0 Å². The molecule has 0 aliphatic heterocycles. The third-order valence-electron chi connectivity index (χ3n) is 2.86. The fourth-order valence-electron chi connectivity index (χ4n) is 1.87. The SMILES string of the molecule is COc1cccc(OC)c1NC(=O)c1c(F)cccc1F. The molecule has 0 aliphatic rings. The lowest BCUT2D eigenvalue weighted by Crippen LogP contribution is -2.17. The number of hydrogen-bond donors (Lipinski definition) is 1. The minimum atomic E-state index is -0.943. The number of nitrogens with one attached hydrogen (secondary N) is 1. The van der Waals surface area contributed by atoms with Crippen molar-refractivity contribution in [3.05, 3.63) is 53.6 Å². The number of ether oxygens (including phenoxy) is 2. The van der Waals surface area contributed by atoms with Crippen molar-refractivity contribution in [2.75, 3.05) is 19.5 Å². The van der Waals surface area contributed by atoms with Crippen LogP contribution in [0.15, 0.2) is 36.4 Å². The molecule has 0 radical (unpaired) electrons. The minimum Gasteiger partial charge on any atom is -0.494 e. The van der Waals surface area contributed by atoms with E-state index in [1.54, 1.807) is 18.2 Å². The highest BCUT2D eigenvalue weighted by molar-refractivity contribution is 6.06. The van der Waals surface area contributed by atoms with E-state index < -0.39 is 23.1 Å². The van der Waals surface area contributed by atoms with Gasteiger partial charge in [-0.2, -0.15) is 0 Å². The lowest BCUT2D eigenvalue weighted by atomic mass is 10.1. The summed E-state index contributed by atoms with van der Waals surface area (Å²) in [6.45, 7) is 0. The summed E-state index contributed by atoms with van der Waals surface area (Å²) in [5.74, 6) is -2.17. The number of amides is 1. The summed E-state index contributed by atoms with van der Waals surface area (Å²) in [5, 5.41) is 2.41. The van der Waals surface area contributed by atoms with Crippen LogP contribution in [-0.4, -0.2) is 20.1 Å². The van der Waals surface area contributed by atoms with E-state index in [1.807, 2.05) is 0 Å². The highest BCUT2D eigenvalue weighted by atomic mass is 19.1. The van der Waals surface area contributed by atoms with Crippen LogP contribution in [0.5, 0.6) is 11.5 Å². The number of anilines is 1. The molecule has 2 aromatic rings. The summed E-state index contributed by atoms with van der Waals surface area (Å²) < 4.78 is 37.4. The quantitative estimate of drug-likeness (QED) is 0.941. The molecule has 0 aromatic heterocycles. The third-order valence-corrected chi connectivity index (χ3v) is 2.86. The van der Waals surface area contributed by atoms with Gasteiger partial charge in [0.05, 0.1) is 14.2 Å². The zero-order valence-electron chi connectivity index (χ0n) is 11.4. The lowest BCUT2D eigenvalue weighted by Gasteiger charge is -2.14. The molecule has 4 nitrogen and oxygen atoms in total. The zero-order valence-corrected chi connectivity index (χ0v) is 11.4. The van der Waals surface area contributed by atoms with Gasteiger partial charge in [0, 0.05) is 0 Å². The largest absolute Gasteiger partial charge is 0.494 e. The smallest absolute Gasteiger partial charge is 0.261 e. The molecule has 110 valence electrons. The van der Waals surface area contributed by atoms with Gasteiger partial charge in [-0.1, -0.05) is 12.1 Å². The maximum Gasteiger partial charge on any atom is 0.261 e. The van der Waals surface area contributed by atoms with E-state index in [0.29, 0.717) is 11.5 Å². The van der Waals surface area contributed by atoms with Crippen LogP contribution in [0.1, 0.15) is 10.4 Å². The Kier molecular flexibility index (Phi) is 4.37. The zero-order chi connectivity index (χ0) is 15.4. The minimum absolute atomic E-state index is 0.204. The molecule has 0 bridgehead atoms. The second kappa shape index (κ2) is 6.21. The number of halogens is 2. The first-order chi connectivity index (χ1) is 10.1. The maximum atomic E-state index is 13.6. The van der Waals surface area contributed by atoms with E-state index in [9.17, 15) is 13.6 Å². The van der Waals surface area contributed by atoms with Gasteiger partial charge in [-0.3, -0.25) is 4.79 Å². The molecule has 6 heteroatoms. The second-order valence-corrected chi connectivity index (χ2v) is 4.09. The van der Waals surface area contributed by atoms with Crippen molar-refractivity contribution in [3.63, 3.8) is 0 Å². The Morgan fingerprint density at radius 2 is 1.43 bits per heavy atom. The molecule has 0 atom stereocenters. The van der Waals surface area contributed by atoms with Crippen molar-refractivity contribution in [1.82, 2.24) is 0 Å². The third kappa shape index (κ3) is 2.94. The van der Waals surface area contributed by atoms with Gasteiger partial charge in [-0.15, -0.1) is 0 Å². The average molecular weight is 293 g/mol. The maximum absolute atomic E-state index is 13.6. The fourth-order valence-corrected chi connectivity index (χ4v) is 1.87. The molecule has 0 fully saturated rings. The van der Waals surface area contributed by atoms with Crippen LogP contribution in [0.4, 0.5) is 14.5 Å². The van der Waals surface area contributed by atoms with Gasteiger partial charge in [-0.25, -0.2) is 8.78 Å². The van der Waals surface area contributed by atoms with Crippen LogP contribution in [0, 0.1) is 11.6 Å². The summed E-state index contributed by atoms with van der Waals surface area (Å²) in [7, 11) is 2.82. The van der Waals surface area contributed by atoms with E-state index in [1.165, 1.54) is 20.3 Å². The molecular formula is C15H13F2NO3. The summed E-state index contributed by atoms with van der Waals surface area (Å²) >= 11 is 0. The summed E-state index contributed by atoms with van der Waals surface area (Å²) in [5.41, 5.74) is -0.458. The molecule has 1 N–H and O–H groups in total. The lowest BCUT2D eigenvalue weighted by molar-refractivity contribution is 0.101. The Morgan fingerprint density at radius 3 is 1.90 bits per heavy atom. The van der Waals surface area contributed by atoms with Crippen molar-refractivity contribution in [1.29, 1.82) is 0 Å². The number of methoxy groups -OCH3 is 2. The number of carbonyl (C=O) groups is 1. The Bertz CT molecular complexity index is 631. The van der Waals surface area contributed by atoms with Crippen LogP contribution >= 0.6 is 0 Å². The van der Waals surface area contributed by atoms with Crippen LogP contribution in [0.3, 0.4) is 0 Å². The average Bonchev–Trinajstić information content (AvgIpc) is 2.47. The molecule has 21 heavy (non-hydrogen) atoms. The van der Waals surface area contributed by atoms with Crippen LogP contribution in [0.2, 0.25) is 0 Å². The first kappa shape index (κ1) is 14.8. The molecule has 0 spiro atoms. The Hall–Kier alpha value is -2.63. The van der Waals surface area contributed by atoms with Crippen molar-refractivity contribution < 1.29 is 23.0 Å². The van der Waals surface area contributed by atoms with E-state index in [2.05, 4.69) is 5.32 Å². The number of para-hydroxylation sites is 1. The predicted molar refractivity (Wildman–Crippen MR) is 73.9 cm³/mol. The summed E-state index contributed by atoms with van der Waals surface area (Å²) in [6, 6.07) is 8.06. The number of benzene rings is 2. The highest BCUT2D eigenvalue weighted by Gasteiger charge is 2.20. The van der Waals surface area contributed by atoms with Gasteiger partial charge in [0.15, 0.2) is 0 Å². The molecule has 2 aromatic carbocycles. The standard InChI is InChI=1S/C15H13F2NO3/c1-20-11-7-4-8-12(21-2)14(11)18-15(19)13-9(16)5-3-6-10(13)17/h3-8H,1-2H3,(H,18,19). The van der Waals surface area contributed by atoms with E-state index >= 15 is 0 Å². The topological polar surface area (TPSA) is 47.6 Å². The molecule has 2 rings (SSSR count). The van der Waals surface area contributed by atoms with Crippen molar-refractivity contribution >= 4 is 11.6 Å². The summed E-state index contributed by atoms with van der Waals surface area (Å²) in [4.78, 5) is 12.1. The van der Waals surface area contributed by atoms with Crippen molar-refractivity contribution in [2.45, 2.75) is 0 Å². The van der Waals surface area contributed by atoms with Gasteiger partial charge in [0.2, 0.25) is 0 Å². The van der Waals surface area contributed by atoms with Crippen molar-refractivity contribution in [2.24, 2.45) is 0 Å². The second-order valence-electron chi connectivity index (χ2n) is 4.09. The normalized spacial score (nSPS) is 10.1. The molecule has 0 saturated heterocycles. The van der Waals surface area contributed by atoms with E-state index in [0.717, 1.165) is 12.1 Å². The molecule has 0 aliphatic carbocycles. The predicted octanol–water partition coefficient (Wildman–Crippen LogP) is 3.23. The molecular weight excluding hydrogens is 280 g/mol. The molecule has 0 saturated carbocycles. The van der Waals surface area contributed by atoms with Gasteiger partial charge in [-0.05, 0) is 24.3 Å². The first-order valence-electron chi connectivity index (χ1n) is 6.04. The van der Waals surface area contributed by atoms with E-state index in [-0.39, 0.29) is 5.69 Å². The highest BCUT2D eigenvalue weighted by Crippen LogP contribution is 2.34. The fraction of sp³-hybridized carbons (Fsp3) is 0.133. The number of carbonyl (C=O) groups excluding carboxylic acids is 1. The van der Waals surface area contributed by atoms with E-state index in [4.69, 9.17) is 9.47 Å². The Balaban J connectivity index is 2.40. The number of hydrogen-bond acceptors (Lipinski definition) is 3. The molecule has 0 unspecified atom stereocenters. The number of rotatable bonds is 4. The van der Waals surface area contributed by atoms with Crippen molar-refractivity contribution in [3.8, 4) is 11.5 Å². The Morgan fingerprint density at radius 1 is 0.952 bits per heavy atom. The molecule has 1 amide bonds. The van der Waals surface area contributed by atoms with Gasteiger partial charge >= 0.3 is 0 Å². The van der Waals surface area contributed by atoms with Gasteiger partial charge in [0.1, 0.15) is 34.4 Å². The van der Waals surface area contributed by atoms with Gasteiger partial charge < -0.3 is 14.8 Å². The molecule has 0 heterocycles. The van der Waals surface area contributed by atoms with Crippen LogP contribution in [-0.2, 0) is 0 Å². The Labute approximate surface area is 120 Å². The first-order valence-corrected chi connectivity index (χ1v) is 6.04. The summed E-state index contributed by atoms with van der Waals surface area (Å²) in [6.07, 6.45) is 0. The monoisotopic (exact) mass is 293 g/mol. The van der Waals surface area contributed by atoms with Crippen LogP contribution < -0.4 is 14.8 Å².